The van der Waals surface area contributed by atoms with Gasteiger partial charge in [0, 0.05) is 13.1 Å². The number of piperidine rings is 1. The van der Waals surface area contributed by atoms with Crippen molar-refractivity contribution in [2.45, 2.75) is 51.2 Å². The number of amides is 1. The normalized spacial score (nSPS) is 20.7. The van der Waals surface area contributed by atoms with Gasteiger partial charge in [-0.05, 0) is 38.2 Å². The molecule has 2 aromatic rings. The first-order valence-corrected chi connectivity index (χ1v) is 9.97. The van der Waals surface area contributed by atoms with Crippen molar-refractivity contribution in [2.75, 3.05) is 25.0 Å². The van der Waals surface area contributed by atoms with E-state index in [1.54, 1.807) is 0 Å². The Labute approximate surface area is 156 Å². The van der Waals surface area contributed by atoms with Crippen molar-refractivity contribution in [1.29, 1.82) is 0 Å². The monoisotopic (exact) mass is 376 g/mol. The van der Waals surface area contributed by atoms with Crippen molar-refractivity contribution in [3.05, 3.63) is 22.5 Å². The molecule has 4 rings (SSSR count). The molecule has 26 heavy (non-hydrogen) atoms. The molecular formula is C17H24N6O2S. The van der Waals surface area contributed by atoms with Gasteiger partial charge >= 0.3 is 0 Å². The van der Waals surface area contributed by atoms with Crippen LogP contribution in [-0.4, -0.2) is 56.9 Å². The van der Waals surface area contributed by atoms with Crippen LogP contribution in [0, 0.1) is 0 Å². The van der Waals surface area contributed by atoms with E-state index in [1.807, 2.05) is 20.0 Å². The lowest BCUT2D eigenvalue weighted by molar-refractivity contribution is -0.127. The number of ether oxygens (including phenoxy) is 1. The molecule has 1 unspecified atom stereocenters. The summed E-state index contributed by atoms with van der Waals surface area (Å²) in [5, 5.41) is 19.8. The van der Waals surface area contributed by atoms with Gasteiger partial charge in [-0.25, -0.2) is 0 Å². The number of carbonyl (C=O) groups is 1. The van der Waals surface area contributed by atoms with E-state index in [0.29, 0.717) is 5.13 Å². The molecule has 1 fully saturated rings. The quantitative estimate of drug-likeness (QED) is 0.843. The number of aromatic nitrogens is 4. The standard InChI is InChI=1S/C17H24N6O2S/c1-3-13-20-22-16(26-13)19-15(24)11(2)23-7-5-17(6-8-23)14-12(4-9-25-17)10-18-21-14/h10-11H,3-9H2,1-2H3,(H,18,21)(H,19,22,24). The first-order chi connectivity index (χ1) is 12.6. The third-order valence-electron chi connectivity index (χ3n) is 5.46. The SMILES string of the molecule is CCc1nnc(NC(=O)C(C)N2CCC3(CC2)OCCc2cn[nH]c23)s1. The number of aryl methyl sites for hydroxylation is 1. The zero-order valence-corrected chi connectivity index (χ0v) is 15.9. The zero-order chi connectivity index (χ0) is 18.1. The Kier molecular flexibility index (Phi) is 4.76. The van der Waals surface area contributed by atoms with Gasteiger partial charge in [0.1, 0.15) is 10.6 Å². The summed E-state index contributed by atoms with van der Waals surface area (Å²) < 4.78 is 6.18. The molecular weight excluding hydrogens is 352 g/mol. The molecule has 2 aliphatic rings. The van der Waals surface area contributed by atoms with Gasteiger partial charge in [0.25, 0.3) is 0 Å². The van der Waals surface area contributed by atoms with Gasteiger partial charge in [0.15, 0.2) is 0 Å². The second kappa shape index (κ2) is 7.05. The van der Waals surface area contributed by atoms with Crippen LogP contribution in [0.5, 0.6) is 0 Å². The summed E-state index contributed by atoms with van der Waals surface area (Å²) in [4.78, 5) is 14.8. The lowest BCUT2D eigenvalue weighted by Gasteiger charge is -2.44. The van der Waals surface area contributed by atoms with Crippen LogP contribution in [0.2, 0.25) is 0 Å². The van der Waals surface area contributed by atoms with Crippen molar-refractivity contribution in [3.8, 4) is 0 Å². The Bertz CT molecular complexity index is 780. The molecule has 0 radical (unpaired) electrons. The van der Waals surface area contributed by atoms with E-state index >= 15 is 0 Å². The van der Waals surface area contributed by atoms with Gasteiger partial charge < -0.3 is 4.74 Å². The van der Waals surface area contributed by atoms with Gasteiger partial charge in [-0.15, -0.1) is 10.2 Å². The number of fused-ring (bicyclic) bond motifs is 2. The van der Waals surface area contributed by atoms with Crippen molar-refractivity contribution in [3.63, 3.8) is 0 Å². The minimum absolute atomic E-state index is 0.0356. The highest BCUT2D eigenvalue weighted by atomic mass is 32.1. The molecule has 0 aliphatic carbocycles. The number of nitrogens with one attached hydrogen (secondary N) is 2. The van der Waals surface area contributed by atoms with Crippen LogP contribution in [0.4, 0.5) is 5.13 Å². The number of aromatic amines is 1. The van der Waals surface area contributed by atoms with Crippen LogP contribution < -0.4 is 5.32 Å². The van der Waals surface area contributed by atoms with Crippen LogP contribution in [0.15, 0.2) is 6.20 Å². The number of hydrogen-bond donors (Lipinski definition) is 2. The molecule has 2 aliphatic heterocycles. The maximum absolute atomic E-state index is 12.6. The molecule has 8 nitrogen and oxygen atoms in total. The van der Waals surface area contributed by atoms with Crippen molar-refractivity contribution < 1.29 is 9.53 Å². The summed E-state index contributed by atoms with van der Waals surface area (Å²) in [7, 11) is 0. The summed E-state index contributed by atoms with van der Waals surface area (Å²) in [5.41, 5.74) is 2.12. The lowest BCUT2D eigenvalue weighted by atomic mass is 9.83. The minimum atomic E-state index is -0.272. The van der Waals surface area contributed by atoms with Gasteiger partial charge in [-0.3, -0.25) is 20.1 Å². The van der Waals surface area contributed by atoms with E-state index in [2.05, 4.69) is 30.6 Å². The highest BCUT2D eigenvalue weighted by Crippen LogP contribution is 2.40. The predicted molar refractivity (Wildman–Crippen MR) is 98.1 cm³/mol. The second-order valence-electron chi connectivity index (χ2n) is 6.92. The Balaban J connectivity index is 1.38. The minimum Gasteiger partial charge on any atom is -0.368 e. The zero-order valence-electron chi connectivity index (χ0n) is 15.1. The predicted octanol–water partition coefficient (Wildman–Crippen LogP) is 1.71. The lowest BCUT2D eigenvalue weighted by Crippen LogP contribution is -2.51. The molecule has 0 bridgehead atoms. The third kappa shape index (κ3) is 3.15. The number of likely N-dealkylation sites (tertiary alicyclic amines) is 1. The van der Waals surface area contributed by atoms with E-state index in [-0.39, 0.29) is 17.6 Å². The summed E-state index contributed by atoms with van der Waals surface area (Å²) in [5.74, 6) is -0.0356. The van der Waals surface area contributed by atoms with E-state index in [9.17, 15) is 4.79 Å². The van der Waals surface area contributed by atoms with Crippen LogP contribution in [0.25, 0.3) is 0 Å². The Hall–Kier alpha value is -1.84. The number of carbonyl (C=O) groups excluding carboxylic acids is 1. The molecule has 0 aromatic carbocycles. The average molecular weight is 376 g/mol. The molecule has 9 heteroatoms. The highest BCUT2D eigenvalue weighted by molar-refractivity contribution is 7.15. The van der Waals surface area contributed by atoms with Crippen LogP contribution in [-0.2, 0) is 28.0 Å². The van der Waals surface area contributed by atoms with Crippen molar-refractivity contribution >= 4 is 22.4 Å². The summed E-state index contributed by atoms with van der Waals surface area (Å²) in [6.07, 6.45) is 5.37. The number of anilines is 1. The van der Waals surface area contributed by atoms with Gasteiger partial charge in [-0.1, -0.05) is 18.3 Å². The highest BCUT2D eigenvalue weighted by Gasteiger charge is 2.43. The average Bonchev–Trinajstić information content (AvgIpc) is 3.32. The number of hydrogen-bond acceptors (Lipinski definition) is 7. The molecule has 2 aromatic heterocycles. The number of nitrogens with zero attached hydrogens (tertiary/aromatic N) is 4. The summed E-state index contributed by atoms with van der Waals surface area (Å²) in [6, 6.07) is -0.217. The fourth-order valence-corrected chi connectivity index (χ4v) is 4.50. The van der Waals surface area contributed by atoms with Gasteiger partial charge in [0.2, 0.25) is 11.0 Å². The molecule has 1 saturated heterocycles. The Morgan fingerprint density at radius 1 is 1.46 bits per heavy atom. The fourth-order valence-electron chi connectivity index (χ4n) is 3.81. The van der Waals surface area contributed by atoms with Crippen LogP contribution in [0.3, 0.4) is 0 Å². The summed E-state index contributed by atoms with van der Waals surface area (Å²) in [6.45, 7) is 6.32. The van der Waals surface area contributed by atoms with E-state index in [4.69, 9.17) is 4.74 Å². The number of rotatable bonds is 4. The molecule has 2 N–H and O–H groups in total. The van der Waals surface area contributed by atoms with Crippen LogP contribution in [0.1, 0.15) is 43.0 Å². The fraction of sp³-hybridized carbons (Fsp3) is 0.647. The third-order valence-corrected chi connectivity index (χ3v) is 6.44. The van der Waals surface area contributed by atoms with Gasteiger partial charge in [-0.2, -0.15) is 5.10 Å². The Morgan fingerprint density at radius 3 is 3.00 bits per heavy atom. The van der Waals surface area contributed by atoms with Crippen molar-refractivity contribution in [2.24, 2.45) is 0 Å². The first-order valence-electron chi connectivity index (χ1n) is 9.15. The van der Waals surface area contributed by atoms with E-state index < -0.39 is 0 Å². The molecule has 140 valence electrons. The van der Waals surface area contributed by atoms with E-state index in [0.717, 1.165) is 56.1 Å². The van der Waals surface area contributed by atoms with Gasteiger partial charge in [0.05, 0.1) is 24.5 Å². The van der Waals surface area contributed by atoms with Crippen molar-refractivity contribution in [1.82, 2.24) is 25.3 Å². The van der Waals surface area contributed by atoms with Crippen LogP contribution >= 0.6 is 11.3 Å². The molecule has 1 atom stereocenters. The Morgan fingerprint density at radius 2 is 2.27 bits per heavy atom. The summed E-state index contributed by atoms with van der Waals surface area (Å²) >= 11 is 1.43. The molecule has 1 spiro atoms. The second-order valence-corrected chi connectivity index (χ2v) is 7.98. The molecule has 0 saturated carbocycles. The maximum Gasteiger partial charge on any atom is 0.243 e. The van der Waals surface area contributed by atoms with E-state index in [1.165, 1.54) is 16.9 Å². The number of H-pyrrole nitrogens is 1. The molecule has 4 heterocycles. The molecule has 1 amide bonds. The first kappa shape index (κ1) is 17.6. The smallest absolute Gasteiger partial charge is 0.243 e. The largest absolute Gasteiger partial charge is 0.368 e. The maximum atomic E-state index is 12.6. The topological polar surface area (TPSA) is 96.0 Å².